The molecule has 1 aromatic heterocycles. The summed E-state index contributed by atoms with van der Waals surface area (Å²) in [4.78, 5) is 32.0. The minimum absolute atomic E-state index is 0.0318. The van der Waals surface area contributed by atoms with Crippen LogP contribution in [0.15, 0.2) is 76.8 Å². The molecule has 188 valence electrons. The number of urea groups is 1. The normalized spacial score (nSPS) is 17.1. The lowest BCUT2D eigenvalue weighted by atomic mass is 10.0. The summed E-state index contributed by atoms with van der Waals surface area (Å²) in [5.74, 6) is -0.685. The second-order valence-corrected chi connectivity index (χ2v) is 9.29. The first-order chi connectivity index (χ1) is 17.3. The number of carbonyl (C=O) groups is 1. The van der Waals surface area contributed by atoms with E-state index in [2.05, 4.69) is 15.4 Å². The van der Waals surface area contributed by atoms with E-state index in [1.54, 1.807) is 6.20 Å². The van der Waals surface area contributed by atoms with Gasteiger partial charge in [-0.05, 0) is 36.6 Å². The number of H-pyrrole nitrogens is 1. The van der Waals surface area contributed by atoms with E-state index in [1.165, 1.54) is 43.1 Å². The summed E-state index contributed by atoms with van der Waals surface area (Å²) in [6.45, 7) is 0.473. The van der Waals surface area contributed by atoms with Crippen LogP contribution in [0, 0.1) is 11.6 Å². The monoisotopic (exact) mass is 513 g/mol. The molecular weight excluding hydrogens is 488 g/mol. The third-order valence-corrected chi connectivity index (χ3v) is 7.13. The first-order valence-corrected chi connectivity index (χ1v) is 12.0. The molecule has 8 nitrogen and oxygen atoms in total. The first-order valence-electron chi connectivity index (χ1n) is 11.2. The number of aromatic nitrogens is 1. The minimum atomic E-state index is -1.06. The number of anilines is 1. The molecule has 2 aromatic carbocycles. The number of aromatic amines is 1. The van der Waals surface area contributed by atoms with Crippen LogP contribution in [0.25, 0.3) is 0 Å². The minimum Gasteiger partial charge on any atom is -0.372 e. The number of nitrogens with one attached hydrogen (secondary N) is 2. The highest BCUT2D eigenvalue weighted by Gasteiger charge is 2.49. The van der Waals surface area contributed by atoms with E-state index in [4.69, 9.17) is 4.84 Å². The average molecular weight is 514 g/mol. The van der Waals surface area contributed by atoms with Gasteiger partial charge >= 0.3 is 6.03 Å². The summed E-state index contributed by atoms with van der Waals surface area (Å²) in [5.41, 5.74) is 0.602. The molecule has 2 heterocycles. The summed E-state index contributed by atoms with van der Waals surface area (Å²) in [6.07, 6.45) is 2.50. The summed E-state index contributed by atoms with van der Waals surface area (Å²) in [7, 11) is 2.80. The molecule has 0 spiro atoms. The number of carbonyl (C=O) groups excluding carboxylic acids is 1. The number of hydroxylamine groups is 2. The zero-order valence-electron chi connectivity index (χ0n) is 19.7. The SMILES string of the molecule is CON(C)C(=O)N1N=C(c2cc(F)ccc2F)S[C@@]1(CCCNc1cc(=O)cc[nH]1)c1ccccc1. The Morgan fingerprint density at radius 2 is 1.97 bits per heavy atom. The van der Waals surface area contributed by atoms with Crippen LogP contribution in [-0.4, -0.2) is 46.8 Å². The smallest absolute Gasteiger partial charge is 0.365 e. The summed E-state index contributed by atoms with van der Waals surface area (Å²) in [5, 5.41) is 10.1. The molecule has 1 atom stereocenters. The van der Waals surface area contributed by atoms with Gasteiger partial charge in [0.15, 0.2) is 5.43 Å². The topological polar surface area (TPSA) is 90.0 Å². The second kappa shape index (κ2) is 10.9. The maximum atomic E-state index is 14.7. The van der Waals surface area contributed by atoms with E-state index in [-0.39, 0.29) is 16.0 Å². The third kappa shape index (κ3) is 5.26. The van der Waals surface area contributed by atoms with Crippen molar-refractivity contribution in [2.24, 2.45) is 5.10 Å². The fourth-order valence-corrected chi connectivity index (χ4v) is 5.27. The lowest BCUT2D eigenvalue weighted by molar-refractivity contribution is -0.0805. The lowest BCUT2D eigenvalue weighted by Crippen LogP contribution is -2.47. The van der Waals surface area contributed by atoms with Gasteiger partial charge in [-0.25, -0.2) is 18.6 Å². The number of pyridine rings is 1. The fraction of sp³-hybridized carbons (Fsp3) is 0.240. The number of amides is 2. The first kappa shape index (κ1) is 25.4. The van der Waals surface area contributed by atoms with E-state index in [9.17, 15) is 18.4 Å². The van der Waals surface area contributed by atoms with Crippen molar-refractivity contribution in [2.75, 3.05) is 26.0 Å². The molecule has 0 saturated heterocycles. The molecule has 11 heteroatoms. The highest BCUT2D eigenvalue weighted by atomic mass is 32.2. The van der Waals surface area contributed by atoms with Crippen molar-refractivity contribution in [1.29, 1.82) is 0 Å². The summed E-state index contributed by atoms with van der Waals surface area (Å²) >= 11 is 1.18. The number of hydrazone groups is 1. The maximum Gasteiger partial charge on any atom is 0.365 e. The Balaban J connectivity index is 1.70. The van der Waals surface area contributed by atoms with Gasteiger partial charge in [0.05, 0.1) is 7.11 Å². The second-order valence-electron chi connectivity index (χ2n) is 8.02. The van der Waals surface area contributed by atoms with Crippen molar-refractivity contribution < 1.29 is 18.4 Å². The van der Waals surface area contributed by atoms with Gasteiger partial charge in [-0.3, -0.25) is 9.63 Å². The molecule has 0 bridgehead atoms. The number of hydrogen-bond acceptors (Lipinski definition) is 6. The summed E-state index contributed by atoms with van der Waals surface area (Å²) < 4.78 is 28.7. The Morgan fingerprint density at radius 3 is 2.69 bits per heavy atom. The van der Waals surface area contributed by atoms with Gasteiger partial charge in [0.1, 0.15) is 27.4 Å². The van der Waals surface area contributed by atoms with Crippen LogP contribution in [0.5, 0.6) is 0 Å². The van der Waals surface area contributed by atoms with Gasteiger partial charge in [0, 0.05) is 37.5 Å². The molecule has 0 unspecified atom stereocenters. The molecule has 2 amide bonds. The molecule has 0 saturated carbocycles. The molecule has 4 rings (SSSR count). The molecule has 1 aliphatic heterocycles. The Hall–Kier alpha value is -3.70. The summed E-state index contributed by atoms with van der Waals surface area (Å²) in [6, 6.07) is 14.7. The third-order valence-electron chi connectivity index (χ3n) is 5.69. The molecule has 3 aromatic rings. The van der Waals surface area contributed by atoms with E-state index in [1.807, 2.05) is 30.3 Å². The van der Waals surface area contributed by atoms with Crippen molar-refractivity contribution in [1.82, 2.24) is 15.1 Å². The lowest BCUT2D eigenvalue weighted by Gasteiger charge is -2.37. The predicted octanol–water partition coefficient (Wildman–Crippen LogP) is 4.72. The molecule has 0 fully saturated rings. The van der Waals surface area contributed by atoms with Gasteiger partial charge < -0.3 is 10.3 Å². The number of hydrogen-bond donors (Lipinski definition) is 2. The van der Waals surface area contributed by atoms with Crippen molar-refractivity contribution in [2.45, 2.75) is 17.7 Å². The molecule has 36 heavy (non-hydrogen) atoms. The van der Waals surface area contributed by atoms with E-state index in [0.29, 0.717) is 25.2 Å². The number of thioether (sulfide) groups is 1. The standard InChI is InChI=1S/C25H25F2N5O3S/c1-31(35-2)24(34)32-25(17-7-4-3-5-8-17,12-6-13-28-22-16-19(33)11-14-29-22)36-23(30-32)20-15-18(26)9-10-21(20)27/h3-5,7-11,14-16H,6,12-13H2,1-2H3,(H2,28,29,33)/t25-/m0/s1. The van der Waals surface area contributed by atoms with E-state index < -0.39 is 22.5 Å². The molecular formula is C25H25F2N5O3S. The van der Waals surface area contributed by atoms with Crippen molar-refractivity contribution in [3.05, 3.63) is 99.8 Å². The van der Waals surface area contributed by atoms with E-state index in [0.717, 1.165) is 28.8 Å². The fourth-order valence-electron chi connectivity index (χ4n) is 3.85. The molecule has 0 aliphatic carbocycles. The predicted molar refractivity (Wildman–Crippen MR) is 135 cm³/mol. The highest BCUT2D eigenvalue weighted by molar-refractivity contribution is 8.15. The van der Waals surface area contributed by atoms with Gasteiger partial charge in [-0.1, -0.05) is 42.1 Å². The highest BCUT2D eigenvalue weighted by Crippen LogP contribution is 2.51. The van der Waals surface area contributed by atoms with Gasteiger partial charge in [0.2, 0.25) is 0 Å². The van der Waals surface area contributed by atoms with Crippen LogP contribution in [0.1, 0.15) is 24.0 Å². The zero-order valence-corrected chi connectivity index (χ0v) is 20.5. The van der Waals surface area contributed by atoms with Gasteiger partial charge in [0.25, 0.3) is 0 Å². The van der Waals surface area contributed by atoms with Gasteiger partial charge in [-0.15, -0.1) is 0 Å². The van der Waals surface area contributed by atoms with Crippen molar-refractivity contribution >= 4 is 28.7 Å². The largest absolute Gasteiger partial charge is 0.372 e. The van der Waals surface area contributed by atoms with Crippen LogP contribution in [-0.2, 0) is 9.71 Å². The Bertz CT molecular complexity index is 1320. The van der Waals surface area contributed by atoms with Crippen LogP contribution in [0.4, 0.5) is 19.4 Å². The number of halogens is 2. The maximum absolute atomic E-state index is 14.7. The molecule has 1 aliphatic rings. The van der Waals surface area contributed by atoms with Gasteiger partial charge in [-0.2, -0.15) is 10.1 Å². The molecule has 0 radical (unpaired) electrons. The van der Waals surface area contributed by atoms with Crippen LogP contribution in [0.3, 0.4) is 0 Å². The number of rotatable bonds is 8. The quantitative estimate of drug-likeness (QED) is 0.336. The average Bonchev–Trinajstić information content (AvgIpc) is 3.28. The van der Waals surface area contributed by atoms with Crippen LogP contribution >= 0.6 is 11.8 Å². The Kier molecular flexibility index (Phi) is 7.70. The number of benzene rings is 2. The number of nitrogens with zero attached hydrogens (tertiary/aromatic N) is 3. The van der Waals surface area contributed by atoms with Crippen molar-refractivity contribution in [3.63, 3.8) is 0 Å². The van der Waals surface area contributed by atoms with Crippen molar-refractivity contribution in [3.8, 4) is 0 Å². The Labute approximate surface area is 210 Å². The molecule has 2 N–H and O–H groups in total. The zero-order chi connectivity index (χ0) is 25.7. The Morgan fingerprint density at radius 1 is 1.19 bits per heavy atom. The van der Waals surface area contributed by atoms with Crippen LogP contribution in [0.2, 0.25) is 0 Å². The van der Waals surface area contributed by atoms with Crippen LogP contribution < -0.4 is 10.7 Å². The van der Waals surface area contributed by atoms with E-state index >= 15 is 0 Å².